The molecule has 8 nitrogen and oxygen atoms in total. The Balaban J connectivity index is 1.64. The Labute approximate surface area is 195 Å². The quantitative estimate of drug-likeness (QED) is 0.483. The Bertz CT molecular complexity index is 899. The first kappa shape index (κ1) is 23.4. The molecule has 1 aromatic rings. The minimum atomic E-state index is -0.524. The van der Waals surface area contributed by atoms with E-state index in [4.69, 9.17) is 9.15 Å². The van der Waals surface area contributed by atoms with Gasteiger partial charge in [-0.05, 0) is 37.8 Å². The van der Waals surface area contributed by atoms with Crippen molar-refractivity contribution >= 4 is 17.8 Å². The zero-order valence-electron chi connectivity index (χ0n) is 19.9. The molecule has 0 bridgehead atoms. The molecule has 4 rings (SSSR count). The molecule has 3 aliphatic rings. The highest BCUT2D eigenvalue weighted by molar-refractivity contribution is 6.17. The van der Waals surface area contributed by atoms with Gasteiger partial charge in [0.1, 0.15) is 5.57 Å². The number of carbonyl (C=O) groups is 3. The number of nitrogens with zero attached hydrogens (tertiary/aromatic N) is 3. The van der Waals surface area contributed by atoms with Crippen LogP contribution in [0.2, 0.25) is 0 Å². The maximum Gasteiger partial charge on any atom is 0.345 e. The number of piperazine rings is 1. The van der Waals surface area contributed by atoms with Crippen molar-refractivity contribution < 1.29 is 23.5 Å². The monoisotopic (exact) mass is 457 g/mol. The van der Waals surface area contributed by atoms with Gasteiger partial charge in [-0.25, -0.2) is 4.79 Å². The fourth-order valence-electron chi connectivity index (χ4n) is 5.50. The van der Waals surface area contributed by atoms with Gasteiger partial charge in [-0.2, -0.15) is 0 Å². The fraction of sp³-hybridized carbons (Fsp3) is 0.640. The Kier molecular flexibility index (Phi) is 7.10. The molecule has 3 heterocycles. The molecule has 8 heteroatoms. The zero-order valence-corrected chi connectivity index (χ0v) is 19.9. The zero-order chi connectivity index (χ0) is 23.5. The lowest BCUT2D eigenvalue weighted by atomic mass is 9.76. The van der Waals surface area contributed by atoms with Crippen LogP contribution in [0.4, 0.5) is 0 Å². The van der Waals surface area contributed by atoms with Crippen LogP contribution in [-0.2, 0) is 14.3 Å². The van der Waals surface area contributed by atoms with E-state index in [1.165, 1.54) is 6.26 Å². The van der Waals surface area contributed by atoms with E-state index in [1.54, 1.807) is 24.0 Å². The van der Waals surface area contributed by atoms with Crippen LogP contribution < -0.4 is 0 Å². The summed E-state index contributed by atoms with van der Waals surface area (Å²) in [5.74, 6) is -0.0737. The van der Waals surface area contributed by atoms with Crippen molar-refractivity contribution in [2.75, 3.05) is 39.3 Å². The molecule has 2 fully saturated rings. The second kappa shape index (κ2) is 10.0. The maximum atomic E-state index is 13.7. The molecule has 2 unspecified atom stereocenters. The van der Waals surface area contributed by atoms with Crippen LogP contribution >= 0.6 is 0 Å². The predicted molar refractivity (Wildman–Crippen MR) is 122 cm³/mol. The number of amides is 2. The van der Waals surface area contributed by atoms with E-state index in [2.05, 4.69) is 18.7 Å². The second-order valence-corrected chi connectivity index (χ2v) is 9.55. The second-order valence-electron chi connectivity index (χ2n) is 9.55. The first-order valence-electron chi connectivity index (χ1n) is 12.2. The number of furan rings is 1. The molecule has 1 aromatic heterocycles. The van der Waals surface area contributed by atoms with E-state index in [9.17, 15) is 14.4 Å². The average molecular weight is 458 g/mol. The van der Waals surface area contributed by atoms with Gasteiger partial charge < -0.3 is 23.9 Å². The molecule has 1 aliphatic carbocycles. The van der Waals surface area contributed by atoms with Crippen LogP contribution in [0.5, 0.6) is 0 Å². The third-order valence-corrected chi connectivity index (χ3v) is 6.89. The van der Waals surface area contributed by atoms with Gasteiger partial charge in [0, 0.05) is 50.4 Å². The molecule has 2 aliphatic heterocycles. The van der Waals surface area contributed by atoms with Gasteiger partial charge in [-0.15, -0.1) is 0 Å². The van der Waals surface area contributed by atoms with E-state index in [1.807, 2.05) is 4.90 Å². The summed E-state index contributed by atoms with van der Waals surface area (Å²) in [5.41, 5.74) is 1.04. The predicted octanol–water partition coefficient (Wildman–Crippen LogP) is 2.91. The SMILES string of the molecule is CCOC(=O)C1=C(N2CCN(C(=O)c3ccco3)CC2)C2CCCCC2N(CC(C)C)C1=O. The molecule has 0 aromatic carbocycles. The summed E-state index contributed by atoms with van der Waals surface area (Å²) >= 11 is 0. The summed E-state index contributed by atoms with van der Waals surface area (Å²) in [5, 5.41) is 0. The summed E-state index contributed by atoms with van der Waals surface area (Å²) in [7, 11) is 0. The minimum absolute atomic E-state index is 0.115. The number of hydrogen-bond acceptors (Lipinski definition) is 6. The van der Waals surface area contributed by atoms with Gasteiger partial charge >= 0.3 is 5.97 Å². The largest absolute Gasteiger partial charge is 0.462 e. The molecular formula is C25H35N3O5. The summed E-state index contributed by atoms with van der Waals surface area (Å²) in [6.07, 6.45) is 5.59. The standard InChI is InChI=1S/C25H35N3O5/c1-4-32-25(31)21-22(18-8-5-6-9-19(18)28(24(21)30)16-17(2)3)26-11-13-27(14-12-26)23(29)20-10-7-15-33-20/h7,10,15,17-19H,4-6,8-9,11-14,16H2,1-3H3. The van der Waals surface area contributed by atoms with Crippen LogP contribution in [0.1, 0.15) is 57.0 Å². The Hall–Kier alpha value is -2.77. The summed E-state index contributed by atoms with van der Waals surface area (Å²) in [6.45, 7) is 9.01. The van der Waals surface area contributed by atoms with Crippen molar-refractivity contribution in [1.82, 2.24) is 14.7 Å². The van der Waals surface area contributed by atoms with Crippen molar-refractivity contribution in [2.45, 2.75) is 52.5 Å². The highest BCUT2D eigenvalue weighted by atomic mass is 16.5. The van der Waals surface area contributed by atoms with Crippen LogP contribution in [0.3, 0.4) is 0 Å². The third kappa shape index (κ3) is 4.66. The van der Waals surface area contributed by atoms with Crippen molar-refractivity contribution in [2.24, 2.45) is 11.8 Å². The molecule has 180 valence electrons. The summed E-state index contributed by atoms with van der Waals surface area (Å²) < 4.78 is 10.6. The molecule has 1 saturated carbocycles. The number of ether oxygens (including phenoxy) is 1. The fourth-order valence-corrected chi connectivity index (χ4v) is 5.50. The van der Waals surface area contributed by atoms with Crippen LogP contribution in [0.15, 0.2) is 34.1 Å². The third-order valence-electron chi connectivity index (χ3n) is 6.89. The number of rotatable bonds is 6. The molecular weight excluding hydrogens is 422 g/mol. The number of fused-ring (bicyclic) bond motifs is 1. The molecule has 33 heavy (non-hydrogen) atoms. The number of carbonyl (C=O) groups excluding carboxylic acids is 3. The van der Waals surface area contributed by atoms with Gasteiger partial charge in [0.25, 0.3) is 11.8 Å². The Morgan fingerprint density at radius 3 is 2.52 bits per heavy atom. The highest BCUT2D eigenvalue weighted by Gasteiger charge is 2.47. The molecule has 2 atom stereocenters. The lowest BCUT2D eigenvalue weighted by molar-refractivity contribution is -0.145. The number of esters is 1. The average Bonchev–Trinajstić information content (AvgIpc) is 3.35. The molecule has 0 N–H and O–H groups in total. The van der Waals surface area contributed by atoms with Gasteiger partial charge in [0.05, 0.1) is 12.9 Å². The van der Waals surface area contributed by atoms with Gasteiger partial charge in [-0.3, -0.25) is 9.59 Å². The van der Waals surface area contributed by atoms with E-state index in [0.717, 1.165) is 31.4 Å². The van der Waals surface area contributed by atoms with Gasteiger partial charge in [-0.1, -0.05) is 26.7 Å². The first-order valence-corrected chi connectivity index (χ1v) is 12.2. The lowest BCUT2D eigenvalue weighted by Gasteiger charge is -2.49. The summed E-state index contributed by atoms with van der Waals surface area (Å²) in [6, 6.07) is 3.50. The Morgan fingerprint density at radius 2 is 1.88 bits per heavy atom. The van der Waals surface area contributed by atoms with Crippen molar-refractivity contribution in [3.63, 3.8) is 0 Å². The van der Waals surface area contributed by atoms with Crippen molar-refractivity contribution in [3.8, 4) is 0 Å². The van der Waals surface area contributed by atoms with Crippen molar-refractivity contribution in [3.05, 3.63) is 35.4 Å². The maximum absolute atomic E-state index is 13.7. The highest BCUT2D eigenvalue weighted by Crippen LogP contribution is 2.41. The van der Waals surface area contributed by atoms with Crippen molar-refractivity contribution in [1.29, 1.82) is 0 Å². The smallest absolute Gasteiger partial charge is 0.345 e. The van der Waals surface area contributed by atoms with Gasteiger partial charge in [0.15, 0.2) is 5.76 Å². The van der Waals surface area contributed by atoms with Gasteiger partial charge in [0.2, 0.25) is 0 Å². The van der Waals surface area contributed by atoms with Crippen LogP contribution in [0, 0.1) is 11.8 Å². The molecule has 0 radical (unpaired) electrons. The van der Waals surface area contributed by atoms with Crippen LogP contribution in [0.25, 0.3) is 0 Å². The lowest BCUT2D eigenvalue weighted by Crippen LogP contribution is -2.58. The molecule has 1 saturated heterocycles. The topological polar surface area (TPSA) is 83.3 Å². The Morgan fingerprint density at radius 1 is 1.15 bits per heavy atom. The molecule has 2 amide bonds. The van der Waals surface area contributed by atoms with E-state index in [0.29, 0.717) is 44.4 Å². The molecule has 0 spiro atoms. The van der Waals surface area contributed by atoms with E-state index < -0.39 is 5.97 Å². The number of hydrogen-bond donors (Lipinski definition) is 0. The van der Waals surface area contributed by atoms with E-state index >= 15 is 0 Å². The normalized spacial score (nSPS) is 23.8. The van der Waals surface area contributed by atoms with E-state index in [-0.39, 0.29) is 36.0 Å². The summed E-state index contributed by atoms with van der Waals surface area (Å²) in [4.78, 5) is 45.3. The van der Waals surface area contributed by atoms with Crippen LogP contribution in [-0.4, -0.2) is 77.9 Å². The first-order chi connectivity index (χ1) is 15.9. The minimum Gasteiger partial charge on any atom is -0.462 e.